The Balaban J connectivity index is 1.82. The summed E-state index contributed by atoms with van der Waals surface area (Å²) >= 11 is 6.03. The molecule has 3 aromatic rings. The van der Waals surface area contributed by atoms with Crippen molar-refractivity contribution in [2.24, 2.45) is 0 Å². The van der Waals surface area contributed by atoms with Gasteiger partial charge in [0.2, 0.25) is 0 Å². The maximum absolute atomic E-state index is 14.2. The van der Waals surface area contributed by atoms with Crippen LogP contribution < -0.4 is 5.32 Å². The van der Waals surface area contributed by atoms with E-state index < -0.39 is 22.5 Å². The molecular formula is C20H17ClFN3O2S. The Morgan fingerprint density at radius 3 is 2.75 bits per heavy atom. The topological polar surface area (TPSA) is 64.0 Å². The fourth-order valence-corrected chi connectivity index (χ4v) is 4.87. The standard InChI is InChI=1S/C20H17ClFN3O2S/c1-11-6-7-17(12(2)8-11)25-19(13-9-28(27)10-16(13)24-25)23-20(26)18-14(21)4-3-5-15(18)22/h3-8H,9-10H2,1-2H3,(H,23,26). The van der Waals surface area contributed by atoms with Crippen LogP contribution in [0.2, 0.25) is 5.02 Å². The van der Waals surface area contributed by atoms with E-state index in [0.29, 0.717) is 28.6 Å². The van der Waals surface area contributed by atoms with Crippen LogP contribution in [-0.2, 0) is 22.3 Å². The van der Waals surface area contributed by atoms with Crippen molar-refractivity contribution in [3.05, 3.63) is 75.2 Å². The second kappa shape index (κ2) is 7.14. The van der Waals surface area contributed by atoms with Gasteiger partial charge < -0.3 is 5.32 Å². The van der Waals surface area contributed by atoms with E-state index in [9.17, 15) is 13.4 Å². The van der Waals surface area contributed by atoms with Gasteiger partial charge in [0.05, 0.1) is 33.5 Å². The number of rotatable bonds is 3. The molecule has 1 unspecified atom stereocenters. The van der Waals surface area contributed by atoms with E-state index in [1.165, 1.54) is 18.2 Å². The summed E-state index contributed by atoms with van der Waals surface area (Å²) < 4.78 is 27.8. The third-order valence-electron chi connectivity index (χ3n) is 4.67. The monoisotopic (exact) mass is 417 g/mol. The second-order valence-electron chi connectivity index (χ2n) is 6.75. The Labute approximate surface area is 169 Å². The number of halogens is 2. The van der Waals surface area contributed by atoms with Gasteiger partial charge in [-0.1, -0.05) is 35.4 Å². The van der Waals surface area contributed by atoms with E-state index in [-0.39, 0.29) is 10.6 Å². The maximum atomic E-state index is 14.2. The lowest BCUT2D eigenvalue weighted by Crippen LogP contribution is -2.18. The Morgan fingerprint density at radius 2 is 2.04 bits per heavy atom. The van der Waals surface area contributed by atoms with Crippen molar-refractivity contribution in [2.45, 2.75) is 25.4 Å². The SMILES string of the molecule is Cc1ccc(-n2nc3c(c2NC(=O)c2c(F)cccc2Cl)CS(=O)C3)c(C)c1. The number of nitrogens with zero attached hydrogens (tertiary/aromatic N) is 2. The number of carbonyl (C=O) groups is 1. The lowest BCUT2D eigenvalue weighted by Gasteiger charge is -2.14. The molecule has 28 heavy (non-hydrogen) atoms. The Morgan fingerprint density at radius 1 is 1.25 bits per heavy atom. The first-order chi connectivity index (χ1) is 13.3. The molecule has 0 aliphatic carbocycles. The van der Waals surface area contributed by atoms with Crippen LogP contribution in [0.3, 0.4) is 0 Å². The molecule has 1 amide bonds. The summed E-state index contributed by atoms with van der Waals surface area (Å²) in [5.74, 6) is -0.355. The van der Waals surface area contributed by atoms with Crippen LogP contribution in [0.1, 0.15) is 32.7 Å². The normalized spacial score (nSPS) is 15.5. The van der Waals surface area contributed by atoms with Crippen LogP contribution in [0.25, 0.3) is 5.69 Å². The molecule has 0 saturated carbocycles. The molecule has 1 aliphatic heterocycles. The smallest absolute Gasteiger partial charge is 0.261 e. The number of hydrogen-bond donors (Lipinski definition) is 1. The van der Waals surface area contributed by atoms with Crippen molar-refractivity contribution >= 4 is 34.1 Å². The molecule has 0 saturated heterocycles. The third kappa shape index (κ3) is 3.25. The van der Waals surface area contributed by atoms with E-state index in [1.54, 1.807) is 4.68 Å². The average Bonchev–Trinajstić information content (AvgIpc) is 3.12. The zero-order valence-electron chi connectivity index (χ0n) is 15.3. The molecule has 5 nitrogen and oxygen atoms in total. The summed E-state index contributed by atoms with van der Waals surface area (Å²) in [4.78, 5) is 12.8. The molecule has 1 aromatic heterocycles. The number of fused-ring (bicyclic) bond motifs is 1. The van der Waals surface area contributed by atoms with Crippen molar-refractivity contribution in [1.82, 2.24) is 9.78 Å². The van der Waals surface area contributed by atoms with Gasteiger partial charge in [0.1, 0.15) is 11.6 Å². The highest BCUT2D eigenvalue weighted by molar-refractivity contribution is 7.83. The summed E-state index contributed by atoms with van der Waals surface area (Å²) in [6.45, 7) is 3.94. The lowest BCUT2D eigenvalue weighted by molar-refractivity contribution is 0.102. The van der Waals surface area contributed by atoms with E-state index >= 15 is 0 Å². The summed E-state index contributed by atoms with van der Waals surface area (Å²) in [6.07, 6.45) is 0. The number of anilines is 1. The number of aromatic nitrogens is 2. The summed E-state index contributed by atoms with van der Waals surface area (Å²) in [7, 11) is -1.07. The van der Waals surface area contributed by atoms with Crippen molar-refractivity contribution < 1.29 is 13.4 Å². The largest absolute Gasteiger partial charge is 0.306 e. The number of aryl methyl sites for hydroxylation is 2. The molecule has 2 heterocycles. The fraction of sp³-hybridized carbons (Fsp3) is 0.200. The van der Waals surface area contributed by atoms with Crippen LogP contribution in [0.5, 0.6) is 0 Å². The Kier molecular flexibility index (Phi) is 4.81. The summed E-state index contributed by atoms with van der Waals surface area (Å²) in [5.41, 5.74) is 4.02. The minimum atomic E-state index is -1.07. The van der Waals surface area contributed by atoms with Crippen LogP contribution in [-0.4, -0.2) is 19.9 Å². The predicted molar refractivity (Wildman–Crippen MR) is 108 cm³/mol. The molecule has 1 atom stereocenters. The quantitative estimate of drug-likeness (QED) is 0.691. The molecule has 0 spiro atoms. The van der Waals surface area contributed by atoms with Crippen LogP contribution >= 0.6 is 11.6 Å². The molecule has 0 radical (unpaired) electrons. The predicted octanol–water partition coefficient (Wildman–Crippen LogP) is 4.30. The fourth-order valence-electron chi connectivity index (χ4n) is 3.36. The van der Waals surface area contributed by atoms with Crippen LogP contribution in [0.15, 0.2) is 36.4 Å². The zero-order chi connectivity index (χ0) is 20.0. The molecule has 0 bridgehead atoms. The number of amides is 1. The van der Waals surface area contributed by atoms with Gasteiger partial charge in [-0.05, 0) is 37.6 Å². The third-order valence-corrected chi connectivity index (χ3v) is 6.19. The maximum Gasteiger partial charge on any atom is 0.261 e. The number of nitrogens with one attached hydrogen (secondary N) is 1. The van der Waals surface area contributed by atoms with E-state index in [4.69, 9.17) is 11.6 Å². The van der Waals surface area contributed by atoms with Gasteiger partial charge in [0.15, 0.2) is 0 Å². The van der Waals surface area contributed by atoms with Crippen molar-refractivity contribution in [1.29, 1.82) is 0 Å². The molecule has 1 N–H and O–H groups in total. The van der Waals surface area contributed by atoms with E-state index in [1.807, 2.05) is 32.0 Å². The van der Waals surface area contributed by atoms with Crippen LogP contribution in [0, 0.1) is 19.7 Å². The summed E-state index contributed by atoms with van der Waals surface area (Å²) in [6, 6.07) is 9.96. The summed E-state index contributed by atoms with van der Waals surface area (Å²) in [5, 5.41) is 7.35. The van der Waals surface area contributed by atoms with E-state index in [0.717, 1.165) is 16.8 Å². The highest BCUT2D eigenvalue weighted by Crippen LogP contribution is 2.33. The minimum absolute atomic E-state index is 0.0234. The van der Waals surface area contributed by atoms with Crippen molar-refractivity contribution in [3.8, 4) is 5.69 Å². The molecule has 8 heteroatoms. The molecule has 2 aromatic carbocycles. The van der Waals surface area contributed by atoms with Gasteiger partial charge in [-0.2, -0.15) is 5.10 Å². The van der Waals surface area contributed by atoms with Gasteiger partial charge >= 0.3 is 0 Å². The molecule has 0 fully saturated rings. The van der Waals surface area contributed by atoms with Crippen molar-refractivity contribution in [2.75, 3.05) is 5.32 Å². The minimum Gasteiger partial charge on any atom is -0.306 e. The number of benzene rings is 2. The van der Waals surface area contributed by atoms with Gasteiger partial charge in [0, 0.05) is 16.4 Å². The first-order valence-electron chi connectivity index (χ1n) is 8.64. The van der Waals surface area contributed by atoms with E-state index in [2.05, 4.69) is 10.4 Å². The first-order valence-corrected chi connectivity index (χ1v) is 10.5. The van der Waals surface area contributed by atoms with Gasteiger partial charge in [-0.15, -0.1) is 0 Å². The number of carbonyl (C=O) groups excluding carboxylic acids is 1. The second-order valence-corrected chi connectivity index (χ2v) is 8.62. The zero-order valence-corrected chi connectivity index (χ0v) is 16.8. The highest BCUT2D eigenvalue weighted by atomic mass is 35.5. The molecule has 144 valence electrons. The number of hydrogen-bond acceptors (Lipinski definition) is 3. The Hall–Kier alpha value is -2.51. The van der Waals surface area contributed by atoms with Gasteiger partial charge in [-0.3, -0.25) is 9.00 Å². The average molecular weight is 418 g/mol. The van der Waals surface area contributed by atoms with Gasteiger partial charge in [-0.25, -0.2) is 9.07 Å². The van der Waals surface area contributed by atoms with Crippen molar-refractivity contribution in [3.63, 3.8) is 0 Å². The van der Waals surface area contributed by atoms with Crippen LogP contribution in [0.4, 0.5) is 10.2 Å². The molecule has 1 aliphatic rings. The van der Waals surface area contributed by atoms with Gasteiger partial charge in [0.25, 0.3) is 5.91 Å². The molecule has 4 rings (SSSR count). The molecular weight excluding hydrogens is 401 g/mol. The highest BCUT2D eigenvalue weighted by Gasteiger charge is 2.29. The Bertz CT molecular complexity index is 1120. The lowest BCUT2D eigenvalue weighted by atomic mass is 10.1. The first kappa shape index (κ1) is 18.8.